The first-order chi connectivity index (χ1) is 5.41. The molecule has 0 saturated heterocycles. The number of nitrogens with zero attached hydrogens (tertiary/aromatic N) is 3. The Kier molecular flexibility index (Phi) is 2.08. The Balaban J connectivity index is 2.92. The maximum atomic E-state index is 11.9. The molecule has 0 N–H and O–H groups in total. The minimum absolute atomic E-state index is 0.183. The van der Waals surface area contributed by atoms with Gasteiger partial charge in [0, 0.05) is 0 Å². The van der Waals surface area contributed by atoms with E-state index >= 15 is 0 Å². The van der Waals surface area contributed by atoms with Crippen molar-refractivity contribution in [1.29, 1.82) is 0 Å². The van der Waals surface area contributed by atoms with Crippen LogP contribution in [0.1, 0.15) is 25.6 Å². The van der Waals surface area contributed by atoms with Crippen molar-refractivity contribution in [3.05, 3.63) is 11.9 Å². The van der Waals surface area contributed by atoms with Crippen LogP contribution in [0.5, 0.6) is 0 Å². The topological polar surface area (TPSA) is 30.7 Å². The average molecular weight is 178 g/mol. The van der Waals surface area contributed by atoms with Crippen molar-refractivity contribution in [2.75, 3.05) is 0 Å². The van der Waals surface area contributed by atoms with Crippen LogP contribution in [0.3, 0.4) is 0 Å². The van der Waals surface area contributed by atoms with Gasteiger partial charge in [-0.25, -0.2) is 0 Å². The van der Waals surface area contributed by atoms with Crippen molar-refractivity contribution in [3.8, 4) is 0 Å². The first-order valence-electron chi connectivity index (χ1n) is 3.33. The Morgan fingerprint density at radius 3 is 2.25 bits per heavy atom. The molecule has 1 rings (SSSR count). The number of hydrogen-bond acceptors (Lipinski definition) is 2. The monoisotopic (exact) mass is 178 g/mol. The van der Waals surface area contributed by atoms with Gasteiger partial charge in [-0.1, -0.05) is 0 Å². The molecule has 1 aromatic heterocycles. The third kappa shape index (κ3) is 1.75. The Morgan fingerprint density at radius 1 is 1.42 bits per heavy atom. The Bertz CT molecular complexity index is 263. The molecule has 0 unspecified atom stereocenters. The summed E-state index contributed by atoms with van der Waals surface area (Å²) in [6.07, 6.45) is -2.65. The quantitative estimate of drug-likeness (QED) is 0.655. The highest BCUT2D eigenvalue weighted by Gasteiger charge is 2.35. The lowest BCUT2D eigenvalue weighted by Gasteiger charge is -2.02. The van der Waals surface area contributed by atoms with Crippen LogP contribution in [-0.4, -0.2) is 15.0 Å². The Labute approximate surface area is 67.2 Å². The molecule has 0 amide bonds. The van der Waals surface area contributed by atoms with E-state index in [1.54, 1.807) is 20.0 Å². The number of halogens is 3. The first kappa shape index (κ1) is 9.02. The van der Waals surface area contributed by atoms with Crippen LogP contribution in [0, 0.1) is 6.20 Å². The van der Waals surface area contributed by atoms with E-state index in [4.69, 9.17) is 0 Å². The van der Waals surface area contributed by atoms with Gasteiger partial charge in [-0.15, -0.1) is 5.10 Å². The molecule has 0 aliphatic heterocycles. The summed E-state index contributed by atoms with van der Waals surface area (Å²) >= 11 is 0. The van der Waals surface area contributed by atoms with Crippen molar-refractivity contribution < 1.29 is 13.2 Å². The maximum absolute atomic E-state index is 11.9. The van der Waals surface area contributed by atoms with Crippen LogP contribution >= 0.6 is 0 Å². The van der Waals surface area contributed by atoms with Gasteiger partial charge in [0.05, 0.1) is 6.04 Å². The second-order valence-corrected chi connectivity index (χ2v) is 2.57. The van der Waals surface area contributed by atoms with Gasteiger partial charge in [-0.05, 0) is 13.8 Å². The third-order valence-electron chi connectivity index (χ3n) is 1.19. The normalized spacial score (nSPS) is 12.5. The number of hydrogen-bond donors (Lipinski definition) is 0. The van der Waals surface area contributed by atoms with Crippen molar-refractivity contribution in [3.63, 3.8) is 0 Å². The van der Waals surface area contributed by atoms with Crippen LogP contribution in [0.2, 0.25) is 0 Å². The van der Waals surface area contributed by atoms with E-state index in [2.05, 4.69) is 10.2 Å². The maximum Gasteiger partial charge on any atom is 0.437 e. The summed E-state index contributed by atoms with van der Waals surface area (Å²) in [5, 5.41) is 6.55. The van der Waals surface area contributed by atoms with Gasteiger partial charge < -0.3 is 0 Å². The minimum atomic E-state index is -4.45. The highest BCUT2D eigenvalue weighted by molar-refractivity contribution is 4.94. The van der Waals surface area contributed by atoms with Gasteiger partial charge in [0.25, 0.3) is 0 Å². The fraction of sp³-hybridized carbons (Fsp3) is 0.667. The average Bonchev–Trinajstić information content (AvgIpc) is 2.30. The van der Waals surface area contributed by atoms with Crippen LogP contribution in [-0.2, 0) is 6.18 Å². The number of aromatic nitrogens is 3. The molecule has 12 heavy (non-hydrogen) atoms. The summed E-state index contributed by atoms with van der Waals surface area (Å²) in [6, 6.07) is -0.183. The van der Waals surface area contributed by atoms with Crippen LogP contribution in [0.4, 0.5) is 13.2 Å². The summed E-state index contributed by atoms with van der Waals surface area (Å²) in [7, 11) is 0. The molecule has 1 heterocycles. The van der Waals surface area contributed by atoms with Gasteiger partial charge in [0.1, 0.15) is 6.20 Å². The number of alkyl halides is 3. The number of rotatable bonds is 1. The molecule has 1 radical (unpaired) electrons. The third-order valence-corrected chi connectivity index (χ3v) is 1.19. The van der Waals surface area contributed by atoms with Crippen molar-refractivity contribution in [1.82, 2.24) is 15.0 Å². The summed E-state index contributed by atoms with van der Waals surface area (Å²) in [5.74, 6) is 0. The second kappa shape index (κ2) is 2.76. The Hall–Kier alpha value is -1.07. The molecule has 0 aliphatic carbocycles. The lowest BCUT2D eigenvalue weighted by molar-refractivity contribution is -0.141. The molecule has 67 valence electrons. The SMILES string of the molecule is CC(C)n1n[c]c(C(F)(F)F)n1. The molecule has 0 aromatic carbocycles. The van der Waals surface area contributed by atoms with Gasteiger partial charge in [0.2, 0.25) is 0 Å². The van der Waals surface area contributed by atoms with E-state index in [0.29, 0.717) is 0 Å². The molecule has 0 bridgehead atoms. The van der Waals surface area contributed by atoms with Gasteiger partial charge in [-0.3, -0.25) is 0 Å². The standard InChI is InChI=1S/C6H7F3N3/c1-4(2)12-10-3-5(11-12)6(7,8)9/h4H,1-2H3. The molecular formula is C6H7F3N3. The summed E-state index contributed by atoms with van der Waals surface area (Å²) in [4.78, 5) is 0.975. The summed E-state index contributed by atoms with van der Waals surface area (Å²) in [6.45, 7) is 3.38. The van der Waals surface area contributed by atoms with E-state index in [-0.39, 0.29) is 6.04 Å². The van der Waals surface area contributed by atoms with E-state index in [1.807, 2.05) is 0 Å². The summed E-state index contributed by atoms with van der Waals surface area (Å²) in [5.41, 5.74) is -1.07. The predicted octanol–water partition coefficient (Wildman–Crippen LogP) is 1.68. The highest BCUT2D eigenvalue weighted by Crippen LogP contribution is 2.26. The predicted molar refractivity (Wildman–Crippen MR) is 34.2 cm³/mol. The van der Waals surface area contributed by atoms with Gasteiger partial charge in [-0.2, -0.15) is 23.1 Å². The fourth-order valence-electron chi connectivity index (χ4n) is 0.597. The van der Waals surface area contributed by atoms with Gasteiger partial charge >= 0.3 is 6.18 Å². The zero-order valence-electron chi connectivity index (χ0n) is 6.55. The molecule has 0 fully saturated rings. The summed E-state index contributed by atoms with van der Waals surface area (Å²) < 4.78 is 35.8. The molecule has 0 atom stereocenters. The first-order valence-corrected chi connectivity index (χ1v) is 3.33. The van der Waals surface area contributed by atoms with Crippen LogP contribution in [0.15, 0.2) is 0 Å². The van der Waals surface area contributed by atoms with Crippen molar-refractivity contribution in [2.24, 2.45) is 0 Å². The van der Waals surface area contributed by atoms with E-state index in [1.165, 1.54) is 0 Å². The molecule has 1 aromatic rings. The lowest BCUT2D eigenvalue weighted by atomic mass is 10.4. The largest absolute Gasteiger partial charge is 0.437 e. The molecule has 3 nitrogen and oxygen atoms in total. The molecule has 0 aliphatic rings. The molecule has 0 saturated carbocycles. The Morgan fingerprint density at radius 2 is 2.00 bits per heavy atom. The van der Waals surface area contributed by atoms with E-state index < -0.39 is 11.9 Å². The van der Waals surface area contributed by atoms with Crippen LogP contribution in [0.25, 0.3) is 0 Å². The molecule has 6 heteroatoms. The lowest BCUT2D eigenvalue weighted by Crippen LogP contribution is -2.09. The zero-order valence-corrected chi connectivity index (χ0v) is 6.55. The zero-order chi connectivity index (χ0) is 9.35. The highest BCUT2D eigenvalue weighted by atomic mass is 19.4. The van der Waals surface area contributed by atoms with E-state index in [9.17, 15) is 13.2 Å². The minimum Gasteiger partial charge on any atom is -0.181 e. The van der Waals surface area contributed by atoms with Crippen molar-refractivity contribution in [2.45, 2.75) is 26.1 Å². The fourth-order valence-corrected chi connectivity index (χ4v) is 0.597. The molecular weight excluding hydrogens is 171 g/mol. The second-order valence-electron chi connectivity index (χ2n) is 2.57. The smallest absolute Gasteiger partial charge is 0.181 e. The van der Waals surface area contributed by atoms with Crippen LogP contribution < -0.4 is 0 Å². The van der Waals surface area contributed by atoms with Gasteiger partial charge in [0.15, 0.2) is 5.69 Å². The van der Waals surface area contributed by atoms with E-state index in [0.717, 1.165) is 4.80 Å². The van der Waals surface area contributed by atoms with Crippen molar-refractivity contribution >= 4 is 0 Å². The molecule has 0 spiro atoms.